The van der Waals surface area contributed by atoms with Crippen molar-refractivity contribution in [2.24, 2.45) is 0 Å². The van der Waals surface area contributed by atoms with E-state index in [9.17, 15) is 9.50 Å². The Labute approximate surface area is 210 Å². The highest BCUT2D eigenvalue weighted by Crippen LogP contribution is 2.33. The topological polar surface area (TPSA) is 71.3 Å². The molecule has 0 spiro atoms. The Bertz CT molecular complexity index is 1230. The number of benzene rings is 1. The second kappa shape index (κ2) is 11.0. The molecule has 4 rings (SSSR count). The molecule has 2 aromatic heterocycles. The van der Waals surface area contributed by atoms with Crippen molar-refractivity contribution in [3.8, 4) is 11.6 Å². The Balaban J connectivity index is 1.48. The molecule has 3 heterocycles. The van der Waals surface area contributed by atoms with Crippen LogP contribution in [0.1, 0.15) is 48.1 Å². The Hall–Kier alpha value is -3.29. The third-order valence-corrected chi connectivity index (χ3v) is 6.54. The standard InChI is InChI=1S/C27H30ClFN4O2/c1-17(20-8-14-31-25(16-20)35-21-9-12-30-13-10-21)4-6-23-18(2)11-15-33(23)32-19(3)26-24(34)7-5-22(29)27(26)28/h4-8,11,14-17,21,30,32,34H,3,9-10,12-13H2,1-2H3/b6-4-. The number of nitrogens with zero attached hydrogens (tertiary/aromatic N) is 2. The number of rotatable bonds is 8. The molecule has 1 aliphatic rings. The maximum absolute atomic E-state index is 13.9. The molecule has 0 bridgehead atoms. The second-order valence-electron chi connectivity index (χ2n) is 8.74. The van der Waals surface area contributed by atoms with E-state index in [4.69, 9.17) is 16.3 Å². The van der Waals surface area contributed by atoms with Crippen molar-refractivity contribution in [3.63, 3.8) is 0 Å². The van der Waals surface area contributed by atoms with Gasteiger partial charge < -0.3 is 15.2 Å². The van der Waals surface area contributed by atoms with Crippen LogP contribution >= 0.6 is 11.6 Å². The Morgan fingerprint density at radius 2 is 2.11 bits per heavy atom. The van der Waals surface area contributed by atoms with Gasteiger partial charge in [0.1, 0.15) is 17.7 Å². The van der Waals surface area contributed by atoms with E-state index in [0.717, 1.165) is 48.8 Å². The highest BCUT2D eigenvalue weighted by Gasteiger charge is 2.17. The van der Waals surface area contributed by atoms with Crippen LogP contribution in [0.2, 0.25) is 5.02 Å². The zero-order valence-electron chi connectivity index (χ0n) is 19.9. The lowest BCUT2D eigenvalue weighted by molar-refractivity contribution is 0.156. The molecule has 8 heteroatoms. The number of ether oxygens (including phenoxy) is 1. The maximum Gasteiger partial charge on any atom is 0.213 e. The average Bonchev–Trinajstić information content (AvgIpc) is 3.19. The molecule has 1 aromatic carbocycles. The summed E-state index contributed by atoms with van der Waals surface area (Å²) >= 11 is 6.07. The highest BCUT2D eigenvalue weighted by molar-refractivity contribution is 6.32. The molecule has 0 aliphatic carbocycles. The molecule has 0 amide bonds. The summed E-state index contributed by atoms with van der Waals surface area (Å²) in [6, 6.07) is 8.31. The van der Waals surface area contributed by atoms with Gasteiger partial charge in [0.25, 0.3) is 0 Å². The van der Waals surface area contributed by atoms with Crippen molar-refractivity contribution in [3.05, 3.63) is 88.6 Å². The molecule has 35 heavy (non-hydrogen) atoms. The minimum Gasteiger partial charge on any atom is -0.507 e. The van der Waals surface area contributed by atoms with Gasteiger partial charge in [-0.15, -0.1) is 0 Å². The van der Waals surface area contributed by atoms with Crippen molar-refractivity contribution in [2.75, 3.05) is 18.5 Å². The lowest BCUT2D eigenvalue weighted by Crippen LogP contribution is -2.34. The van der Waals surface area contributed by atoms with Gasteiger partial charge >= 0.3 is 0 Å². The first-order valence-corrected chi connectivity index (χ1v) is 12.0. The van der Waals surface area contributed by atoms with Gasteiger partial charge in [0.2, 0.25) is 5.88 Å². The third kappa shape index (κ3) is 5.86. The van der Waals surface area contributed by atoms with Gasteiger partial charge in [-0.2, -0.15) is 0 Å². The Morgan fingerprint density at radius 3 is 2.89 bits per heavy atom. The second-order valence-corrected chi connectivity index (χ2v) is 9.12. The van der Waals surface area contributed by atoms with E-state index in [1.54, 1.807) is 10.9 Å². The maximum atomic E-state index is 13.9. The lowest BCUT2D eigenvalue weighted by atomic mass is 10.0. The lowest BCUT2D eigenvalue weighted by Gasteiger charge is -2.23. The number of aromatic hydroxyl groups is 1. The van der Waals surface area contributed by atoms with Gasteiger partial charge in [-0.05, 0) is 80.2 Å². The summed E-state index contributed by atoms with van der Waals surface area (Å²) < 4.78 is 21.8. The number of aromatic nitrogens is 2. The SMILES string of the molecule is C=C(Nn1ccc(C)c1/C=C\C(C)c1ccnc(OC2CCNCC2)c1)c1c(O)ccc(F)c1Cl. The van der Waals surface area contributed by atoms with Crippen LogP contribution in [0.3, 0.4) is 0 Å². The predicted octanol–water partition coefficient (Wildman–Crippen LogP) is 5.85. The molecule has 6 nitrogen and oxygen atoms in total. The van der Waals surface area contributed by atoms with Crippen molar-refractivity contribution < 1.29 is 14.2 Å². The summed E-state index contributed by atoms with van der Waals surface area (Å²) in [4.78, 5) is 4.39. The van der Waals surface area contributed by atoms with Crippen LogP contribution in [-0.2, 0) is 0 Å². The number of allylic oxidation sites excluding steroid dienone is 1. The summed E-state index contributed by atoms with van der Waals surface area (Å²) in [5.74, 6) is -0.00965. The van der Waals surface area contributed by atoms with Crippen LogP contribution in [0, 0.1) is 12.7 Å². The van der Waals surface area contributed by atoms with Gasteiger partial charge in [-0.3, -0.25) is 10.1 Å². The number of hydrogen-bond acceptors (Lipinski definition) is 5. The number of aryl methyl sites for hydroxylation is 1. The van der Waals surface area contributed by atoms with E-state index in [2.05, 4.69) is 35.3 Å². The van der Waals surface area contributed by atoms with E-state index >= 15 is 0 Å². The molecule has 1 saturated heterocycles. The van der Waals surface area contributed by atoms with Crippen molar-refractivity contribution in [2.45, 2.75) is 38.7 Å². The monoisotopic (exact) mass is 496 g/mol. The van der Waals surface area contributed by atoms with Crippen LogP contribution < -0.4 is 15.5 Å². The third-order valence-electron chi connectivity index (χ3n) is 6.17. The Morgan fingerprint density at radius 1 is 1.34 bits per heavy atom. The first-order valence-electron chi connectivity index (χ1n) is 11.7. The summed E-state index contributed by atoms with van der Waals surface area (Å²) in [5.41, 5.74) is 6.53. The summed E-state index contributed by atoms with van der Waals surface area (Å²) in [6.45, 7) is 9.98. The molecule has 1 atom stereocenters. The van der Waals surface area contributed by atoms with Crippen molar-refractivity contribution in [1.29, 1.82) is 0 Å². The van der Waals surface area contributed by atoms with Crippen LogP contribution in [0.25, 0.3) is 11.8 Å². The largest absolute Gasteiger partial charge is 0.507 e. The van der Waals surface area contributed by atoms with Gasteiger partial charge in [0.05, 0.1) is 22.0 Å². The van der Waals surface area contributed by atoms with Crippen LogP contribution in [0.5, 0.6) is 11.6 Å². The van der Waals surface area contributed by atoms with Gasteiger partial charge in [0.15, 0.2) is 0 Å². The molecule has 3 N–H and O–H groups in total. The molecule has 0 saturated carbocycles. The van der Waals surface area contributed by atoms with Gasteiger partial charge in [-0.25, -0.2) is 9.37 Å². The summed E-state index contributed by atoms with van der Waals surface area (Å²) in [5, 5.41) is 13.3. The number of piperidine rings is 1. The molecule has 184 valence electrons. The molecular weight excluding hydrogens is 467 g/mol. The van der Waals surface area contributed by atoms with Gasteiger partial charge in [0, 0.05) is 18.5 Å². The number of halogens is 2. The summed E-state index contributed by atoms with van der Waals surface area (Å²) in [6.07, 6.45) is 9.89. The fourth-order valence-corrected chi connectivity index (χ4v) is 4.36. The molecule has 1 unspecified atom stereocenters. The number of hydrogen-bond donors (Lipinski definition) is 3. The fraction of sp³-hybridized carbons (Fsp3) is 0.296. The van der Waals surface area contributed by atoms with Gasteiger partial charge in [-0.1, -0.05) is 31.2 Å². The number of phenolic OH excluding ortho intramolecular Hbond substituents is 1. The quantitative estimate of drug-likeness (QED) is 0.365. The first kappa shape index (κ1) is 24.8. The first-order chi connectivity index (χ1) is 16.8. The van der Waals surface area contributed by atoms with E-state index < -0.39 is 5.82 Å². The molecule has 1 aliphatic heterocycles. The minimum atomic E-state index is -0.624. The van der Waals surface area contributed by atoms with E-state index in [1.165, 1.54) is 6.07 Å². The van der Waals surface area contributed by atoms with Crippen molar-refractivity contribution >= 4 is 23.4 Å². The molecular formula is C27H30ClFN4O2. The molecule has 1 fully saturated rings. The highest BCUT2D eigenvalue weighted by atomic mass is 35.5. The summed E-state index contributed by atoms with van der Waals surface area (Å²) in [7, 11) is 0. The smallest absolute Gasteiger partial charge is 0.213 e. The van der Waals surface area contributed by atoms with Crippen LogP contribution in [-0.4, -0.2) is 34.0 Å². The normalized spacial score (nSPS) is 15.3. The zero-order valence-corrected chi connectivity index (χ0v) is 20.6. The number of nitrogens with one attached hydrogen (secondary N) is 2. The number of pyridine rings is 1. The van der Waals surface area contributed by atoms with E-state index in [-0.39, 0.29) is 34.1 Å². The van der Waals surface area contributed by atoms with Crippen molar-refractivity contribution in [1.82, 2.24) is 15.0 Å². The minimum absolute atomic E-state index is 0.112. The molecule has 0 radical (unpaired) electrons. The van der Waals surface area contributed by atoms with E-state index in [0.29, 0.717) is 5.88 Å². The van der Waals surface area contributed by atoms with Crippen LogP contribution in [0.15, 0.2) is 55.4 Å². The predicted molar refractivity (Wildman–Crippen MR) is 139 cm³/mol. The van der Waals surface area contributed by atoms with E-state index in [1.807, 2.05) is 37.4 Å². The fourth-order valence-electron chi connectivity index (χ4n) is 4.08. The molecule has 3 aromatic rings. The Kier molecular flexibility index (Phi) is 7.78. The average molecular weight is 497 g/mol. The number of phenols is 1. The van der Waals surface area contributed by atoms with Crippen LogP contribution in [0.4, 0.5) is 4.39 Å². The zero-order chi connectivity index (χ0) is 24.9.